The van der Waals surface area contributed by atoms with Gasteiger partial charge >= 0.3 is 0 Å². The van der Waals surface area contributed by atoms with Gasteiger partial charge in [0, 0.05) is 20.2 Å². The van der Waals surface area contributed by atoms with E-state index in [-0.39, 0.29) is 11.8 Å². The molecular weight excluding hydrogens is 308 g/mol. The van der Waals surface area contributed by atoms with Crippen LogP contribution in [0, 0.1) is 0 Å². The van der Waals surface area contributed by atoms with Gasteiger partial charge in [-0.1, -0.05) is 11.6 Å². The summed E-state index contributed by atoms with van der Waals surface area (Å²) >= 11 is 5.83. The zero-order chi connectivity index (χ0) is 15.0. The molecule has 0 spiro atoms. The molecule has 0 saturated heterocycles. The molecule has 1 unspecified atom stereocenters. The Labute approximate surface area is 128 Å². The van der Waals surface area contributed by atoms with Gasteiger partial charge in [-0.2, -0.15) is 4.98 Å². The highest BCUT2D eigenvalue weighted by molar-refractivity contribution is 7.85. The van der Waals surface area contributed by atoms with Crippen LogP contribution in [0.4, 0.5) is 11.8 Å². The van der Waals surface area contributed by atoms with Gasteiger partial charge in [0.25, 0.3) is 0 Å². The molecule has 2 aromatic carbocycles. The molecule has 0 saturated carbocycles. The number of benzene rings is 2. The van der Waals surface area contributed by atoms with Crippen molar-refractivity contribution in [1.82, 2.24) is 9.97 Å². The van der Waals surface area contributed by atoms with Gasteiger partial charge in [-0.3, -0.25) is 0 Å². The van der Waals surface area contributed by atoms with Crippen LogP contribution in [0.25, 0.3) is 10.9 Å². The average Bonchev–Trinajstić information content (AvgIpc) is 2.47. The van der Waals surface area contributed by atoms with Gasteiger partial charge in [-0.15, -0.1) is 0 Å². The Bertz CT molecular complexity index is 851. The van der Waals surface area contributed by atoms with E-state index >= 15 is 0 Å². The summed E-state index contributed by atoms with van der Waals surface area (Å²) in [6.07, 6.45) is 0. The minimum Gasteiger partial charge on any atom is -0.383 e. The maximum absolute atomic E-state index is 12.5. The van der Waals surface area contributed by atoms with E-state index in [1.807, 2.05) is 0 Å². The topological polar surface area (TPSA) is 94.9 Å². The average molecular weight is 319 g/mol. The van der Waals surface area contributed by atoms with E-state index in [0.717, 1.165) is 0 Å². The lowest BCUT2D eigenvalue weighted by Crippen LogP contribution is -2.01. The fraction of sp³-hybridized carbons (Fsp3) is 0. The number of hydrogen-bond donors (Lipinski definition) is 2. The largest absolute Gasteiger partial charge is 0.383 e. The number of nitrogens with two attached hydrogens (primary N) is 2. The van der Waals surface area contributed by atoms with Gasteiger partial charge in [0.15, 0.2) is 0 Å². The summed E-state index contributed by atoms with van der Waals surface area (Å²) < 4.78 is 12.5. The first-order chi connectivity index (χ1) is 10.0. The molecule has 3 rings (SSSR count). The molecule has 3 aromatic rings. The molecule has 0 aliphatic rings. The summed E-state index contributed by atoms with van der Waals surface area (Å²) in [4.78, 5) is 9.28. The lowest BCUT2D eigenvalue weighted by atomic mass is 10.2. The van der Waals surface area contributed by atoms with Crippen LogP contribution >= 0.6 is 11.6 Å². The maximum atomic E-state index is 12.5. The van der Waals surface area contributed by atoms with Gasteiger partial charge in [0.1, 0.15) is 5.82 Å². The van der Waals surface area contributed by atoms with Crippen LogP contribution in [0.1, 0.15) is 0 Å². The Morgan fingerprint density at radius 2 is 1.62 bits per heavy atom. The smallest absolute Gasteiger partial charge is 0.222 e. The van der Waals surface area contributed by atoms with Crippen LogP contribution in [0.15, 0.2) is 52.3 Å². The number of nitrogen functional groups attached to an aromatic ring is 2. The number of anilines is 2. The van der Waals surface area contributed by atoms with Gasteiger partial charge in [-0.05, 0) is 42.5 Å². The summed E-state index contributed by atoms with van der Waals surface area (Å²) in [5.41, 5.74) is 12.0. The SMILES string of the molecule is Nc1nc(N)c2cc(S(=O)c3ccc(Cl)cc3)ccc2n1. The summed E-state index contributed by atoms with van der Waals surface area (Å²) in [5.74, 6) is 0.388. The zero-order valence-corrected chi connectivity index (χ0v) is 12.4. The summed E-state index contributed by atoms with van der Waals surface area (Å²) in [7, 11) is -1.33. The molecule has 21 heavy (non-hydrogen) atoms. The van der Waals surface area contributed by atoms with Crippen molar-refractivity contribution >= 4 is 45.1 Å². The van der Waals surface area contributed by atoms with E-state index in [9.17, 15) is 4.21 Å². The van der Waals surface area contributed by atoms with E-state index in [4.69, 9.17) is 23.1 Å². The van der Waals surface area contributed by atoms with Crippen LogP contribution in [0.2, 0.25) is 5.02 Å². The molecule has 0 radical (unpaired) electrons. The van der Waals surface area contributed by atoms with Crippen molar-refractivity contribution in [3.63, 3.8) is 0 Å². The fourth-order valence-corrected chi connectivity index (χ4v) is 3.16. The van der Waals surface area contributed by atoms with Gasteiger partial charge < -0.3 is 11.5 Å². The van der Waals surface area contributed by atoms with Gasteiger partial charge in [-0.25, -0.2) is 9.19 Å². The minimum absolute atomic E-state index is 0.117. The quantitative estimate of drug-likeness (QED) is 0.757. The van der Waals surface area contributed by atoms with E-state index in [2.05, 4.69) is 9.97 Å². The van der Waals surface area contributed by atoms with Gasteiger partial charge in [0.2, 0.25) is 5.95 Å². The van der Waals surface area contributed by atoms with Crippen molar-refractivity contribution in [2.45, 2.75) is 9.79 Å². The van der Waals surface area contributed by atoms with Gasteiger partial charge in [0.05, 0.1) is 16.3 Å². The fourth-order valence-electron chi connectivity index (χ4n) is 1.96. The van der Waals surface area contributed by atoms with E-state index < -0.39 is 10.8 Å². The number of aromatic nitrogens is 2. The molecule has 0 aliphatic heterocycles. The third-order valence-electron chi connectivity index (χ3n) is 2.96. The highest BCUT2D eigenvalue weighted by Gasteiger charge is 2.10. The predicted molar refractivity (Wildman–Crippen MR) is 84.5 cm³/mol. The molecule has 1 heterocycles. The monoisotopic (exact) mass is 318 g/mol. The molecule has 4 N–H and O–H groups in total. The highest BCUT2D eigenvalue weighted by atomic mass is 35.5. The molecule has 0 amide bonds. The van der Waals surface area contributed by atoms with E-state index in [1.165, 1.54) is 0 Å². The molecule has 0 bridgehead atoms. The Hall–Kier alpha value is -2.18. The second-order valence-corrected chi connectivity index (χ2v) is 6.29. The Kier molecular flexibility index (Phi) is 3.48. The number of nitrogens with zero attached hydrogens (tertiary/aromatic N) is 2. The molecular formula is C14H11ClN4OS. The number of halogens is 1. The first-order valence-electron chi connectivity index (χ1n) is 6.05. The van der Waals surface area contributed by atoms with Crippen molar-refractivity contribution in [1.29, 1.82) is 0 Å². The van der Waals surface area contributed by atoms with Crippen LogP contribution in [0.5, 0.6) is 0 Å². The Morgan fingerprint density at radius 1 is 0.952 bits per heavy atom. The minimum atomic E-state index is -1.33. The first kappa shape index (κ1) is 13.8. The summed E-state index contributed by atoms with van der Waals surface area (Å²) in [5, 5.41) is 1.23. The third-order valence-corrected chi connectivity index (χ3v) is 4.59. The normalized spacial score (nSPS) is 12.4. The molecule has 1 aromatic heterocycles. The summed E-state index contributed by atoms with van der Waals surface area (Å²) in [6, 6.07) is 12.0. The van der Waals surface area contributed by atoms with Crippen LogP contribution in [0.3, 0.4) is 0 Å². The molecule has 7 heteroatoms. The van der Waals surface area contributed by atoms with Crippen molar-refractivity contribution < 1.29 is 4.21 Å². The number of fused-ring (bicyclic) bond motifs is 1. The van der Waals surface area contributed by atoms with Crippen LogP contribution in [-0.4, -0.2) is 14.2 Å². The third kappa shape index (κ3) is 2.68. The first-order valence-corrected chi connectivity index (χ1v) is 7.57. The maximum Gasteiger partial charge on any atom is 0.222 e. The highest BCUT2D eigenvalue weighted by Crippen LogP contribution is 2.25. The molecule has 0 fully saturated rings. The molecule has 0 aliphatic carbocycles. The Morgan fingerprint density at radius 3 is 2.33 bits per heavy atom. The van der Waals surface area contributed by atoms with Crippen LogP contribution in [-0.2, 0) is 10.8 Å². The van der Waals surface area contributed by atoms with Crippen molar-refractivity contribution in [3.05, 3.63) is 47.5 Å². The second-order valence-electron chi connectivity index (χ2n) is 4.37. The lowest BCUT2D eigenvalue weighted by Gasteiger charge is -2.06. The van der Waals surface area contributed by atoms with E-state index in [0.29, 0.717) is 25.7 Å². The molecule has 106 valence electrons. The second kappa shape index (κ2) is 5.31. The zero-order valence-electron chi connectivity index (χ0n) is 10.8. The van der Waals surface area contributed by atoms with Crippen molar-refractivity contribution in [3.8, 4) is 0 Å². The number of hydrogen-bond acceptors (Lipinski definition) is 5. The lowest BCUT2D eigenvalue weighted by molar-refractivity contribution is 0.683. The van der Waals surface area contributed by atoms with E-state index in [1.54, 1.807) is 42.5 Å². The summed E-state index contributed by atoms with van der Waals surface area (Å²) in [6.45, 7) is 0. The molecule has 1 atom stereocenters. The van der Waals surface area contributed by atoms with Crippen molar-refractivity contribution in [2.24, 2.45) is 0 Å². The Balaban J connectivity index is 2.08. The predicted octanol–water partition coefficient (Wildman–Crippen LogP) is 2.61. The number of rotatable bonds is 2. The van der Waals surface area contributed by atoms with Crippen LogP contribution < -0.4 is 11.5 Å². The van der Waals surface area contributed by atoms with Crippen molar-refractivity contribution in [2.75, 3.05) is 11.5 Å². The standard InChI is InChI=1S/C14H11ClN4OS/c15-8-1-3-9(4-2-8)21(20)10-5-6-12-11(7-10)13(16)19-14(17)18-12/h1-7H,(H4,16,17,18,19). The molecule has 5 nitrogen and oxygen atoms in total.